The van der Waals surface area contributed by atoms with Gasteiger partial charge in [-0.15, -0.1) is 0 Å². The molecule has 1 saturated heterocycles. The van der Waals surface area contributed by atoms with E-state index in [9.17, 15) is 14.9 Å². The molecule has 1 aromatic carbocycles. The van der Waals surface area contributed by atoms with E-state index >= 15 is 0 Å². The van der Waals surface area contributed by atoms with Crippen LogP contribution in [-0.4, -0.2) is 35.3 Å². The van der Waals surface area contributed by atoms with Crippen molar-refractivity contribution < 1.29 is 9.72 Å². The normalized spacial score (nSPS) is 15.9. The highest BCUT2D eigenvalue weighted by Crippen LogP contribution is 2.30. The molecule has 102 valence electrons. The van der Waals surface area contributed by atoms with Gasteiger partial charge in [0, 0.05) is 30.5 Å². The van der Waals surface area contributed by atoms with E-state index in [2.05, 4.69) is 0 Å². The highest BCUT2D eigenvalue weighted by atomic mass is 32.2. The van der Waals surface area contributed by atoms with Crippen molar-refractivity contribution in [3.63, 3.8) is 0 Å². The SMILES string of the molecule is CC(=O)c1ccc(N2CCCSCC2)c([N+](=O)[O-])c1. The van der Waals surface area contributed by atoms with Gasteiger partial charge in [-0.05, 0) is 31.2 Å². The number of nitrogens with zero attached hydrogens (tertiary/aromatic N) is 2. The highest BCUT2D eigenvalue weighted by molar-refractivity contribution is 7.99. The second-order valence-electron chi connectivity index (χ2n) is 4.47. The predicted octanol–water partition coefficient (Wildman–Crippen LogP) is 2.74. The molecule has 0 saturated carbocycles. The molecule has 1 aromatic rings. The molecule has 0 atom stereocenters. The summed E-state index contributed by atoms with van der Waals surface area (Å²) < 4.78 is 0. The molecule has 0 unspecified atom stereocenters. The molecule has 19 heavy (non-hydrogen) atoms. The largest absolute Gasteiger partial charge is 0.365 e. The number of benzene rings is 1. The van der Waals surface area contributed by atoms with E-state index in [1.165, 1.54) is 13.0 Å². The Morgan fingerprint density at radius 2 is 2.16 bits per heavy atom. The van der Waals surface area contributed by atoms with Crippen LogP contribution < -0.4 is 4.90 Å². The van der Waals surface area contributed by atoms with E-state index in [4.69, 9.17) is 0 Å². The summed E-state index contributed by atoms with van der Waals surface area (Å²) in [4.78, 5) is 24.2. The lowest BCUT2D eigenvalue weighted by Gasteiger charge is -2.22. The van der Waals surface area contributed by atoms with Crippen LogP contribution in [0.15, 0.2) is 18.2 Å². The molecular weight excluding hydrogens is 264 g/mol. The minimum Gasteiger partial charge on any atom is -0.365 e. The van der Waals surface area contributed by atoms with Crippen molar-refractivity contribution in [2.75, 3.05) is 29.5 Å². The lowest BCUT2D eigenvalue weighted by atomic mass is 10.1. The molecule has 1 fully saturated rings. The molecule has 1 aliphatic heterocycles. The van der Waals surface area contributed by atoms with Crippen LogP contribution in [0, 0.1) is 10.1 Å². The highest BCUT2D eigenvalue weighted by Gasteiger charge is 2.21. The monoisotopic (exact) mass is 280 g/mol. The minimum absolute atomic E-state index is 0.0274. The van der Waals surface area contributed by atoms with Crippen LogP contribution in [0.25, 0.3) is 0 Å². The maximum absolute atomic E-state index is 11.3. The summed E-state index contributed by atoms with van der Waals surface area (Å²) in [5, 5.41) is 11.2. The molecule has 6 heteroatoms. The topological polar surface area (TPSA) is 63.5 Å². The second-order valence-corrected chi connectivity index (χ2v) is 5.69. The summed E-state index contributed by atoms with van der Waals surface area (Å²) in [6, 6.07) is 4.75. The smallest absolute Gasteiger partial charge is 0.293 e. The van der Waals surface area contributed by atoms with Crippen LogP contribution in [0.4, 0.5) is 11.4 Å². The van der Waals surface area contributed by atoms with E-state index < -0.39 is 4.92 Å². The van der Waals surface area contributed by atoms with Crippen LogP contribution in [0.3, 0.4) is 0 Å². The molecule has 0 aliphatic carbocycles. The molecule has 0 N–H and O–H groups in total. The van der Waals surface area contributed by atoms with Gasteiger partial charge in [0.15, 0.2) is 5.78 Å². The van der Waals surface area contributed by atoms with E-state index in [0.717, 1.165) is 31.0 Å². The van der Waals surface area contributed by atoms with Gasteiger partial charge in [0.1, 0.15) is 5.69 Å². The summed E-state index contributed by atoms with van der Waals surface area (Å²) >= 11 is 1.87. The Bertz CT molecular complexity index is 497. The zero-order valence-corrected chi connectivity index (χ0v) is 11.6. The van der Waals surface area contributed by atoms with Crippen LogP contribution in [-0.2, 0) is 0 Å². The number of carbonyl (C=O) groups excluding carboxylic acids is 1. The average molecular weight is 280 g/mol. The fourth-order valence-corrected chi connectivity index (χ4v) is 3.03. The predicted molar refractivity (Wildman–Crippen MR) is 77.3 cm³/mol. The van der Waals surface area contributed by atoms with Crippen LogP contribution >= 0.6 is 11.8 Å². The summed E-state index contributed by atoms with van der Waals surface area (Å²) in [5.74, 6) is 1.92. The van der Waals surface area contributed by atoms with Crippen molar-refractivity contribution in [3.8, 4) is 0 Å². The van der Waals surface area contributed by atoms with Gasteiger partial charge in [0.2, 0.25) is 0 Å². The summed E-state index contributed by atoms with van der Waals surface area (Å²) in [5.41, 5.74) is 1.04. The third kappa shape index (κ3) is 3.26. The molecule has 1 heterocycles. The fourth-order valence-electron chi connectivity index (χ4n) is 2.14. The van der Waals surface area contributed by atoms with Gasteiger partial charge in [-0.1, -0.05) is 0 Å². The Hall–Kier alpha value is -1.56. The van der Waals surface area contributed by atoms with Gasteiger partial charge in [-0.25, -0.2) is 0 Å². The number of ketones is 1. The summed E-state index contributed by atoms with van der Waals surface area (Å²) in [7, 11) is 0. The van der Waals surface area contributed by atoms with Gasteiger partial charge < -0.3 is 4.90 Å². The Balaban J connectivity index is 2.37. The Kier molecular flexibility index (Phi) is 4.42. The molecule has 1 aliphatic rings. The van der Waals surface area contributed by atoms with Crippen LogP contribution in [0.1, 0.15) is 23.7 Å². The first kappa shape index (κ1) is 13.9. The lowest BCUT2D eigenvalue weighted by Crippen LogP contribution is -2.26. The van der Waals surface area contributed by atoms with Crippen molar-refractivity contribution in [1.29, 1.82) is 0 Å². The zero-order chi connectivity index (χ0) is 13.8. The van der Waals surface area contributed by atoms with Crippen molar-refractivity contribution in [3.05, 3.63) is 33.9 Å². The Morgan fingerprint density at radius 1 is 1.37 bits per heavy atom. The molecule has 5 nitrogen and oxygen atoms in total. The number of hydrogen-bond donors (Lipinski definition) is 0. The fraction of sp³-hybridized carbons (Fsp3) is 0.462. The maximum Gasteiger partial charge on any atom is 0.293 e. The van der Waals surface area contributed by atoms with Gasteiger partial charge in [-0.3, -0.25) is 14.9 Å². The molecular formula is C13H16N2O3S. The zero-order valence-electron chi connectivity index (χ0n) is 10.8. The number of anilines is 1. The van der Waals surface area contributed by atoms with Crippen molar-refractivity contribution in [2.45, 2.75) is 13.3 Å². The second kappa shape index (κ2) is 6.06. The quantitative estimate of drug-likeness (QED) is 0.484. The third-order valence-electron chi connectivity index (χ3n) is 3.14. The van der Waals surface area contributed by atoms with E-state index in [0.29, 0.717) is 11.3 Å². The van der Waals surface area contributed by atoms with Gasteiger partial charge in [0.25, 0.3) is 5.69 Å². The first-order valence-corrected chi connectivity index (χ1v) is 7.37. The molecule has 0 radical (unpaired) electrons. The lowest BCUT2D eigenvalue weighted by molar-refractivity contribution is -0.384. The van der Waals surface area contributed by atoms with Crippen LogP contribution in [0.2, 0.25) is 0 Å². The maximum atomic E-state index is 11.3. The third-order valence-corrected chi connectivity index (χ3v) is 4.19. The van der Waals surface area contributed by atoms with Gasteiger partial charge >= 0.3 is 0 Å². The minimum atomic E-state index is -0.403. The number of nitro benzene ring substituents is 1. The number of hydrogen-bond acceptors (Lipinski definition) is 5. The Labute approximate surface area is 116 Å². The summed E-state index contributed by atoms with van der Waals surface area (Å²) in [6.07, 6.45) is 1.02. The average Bonchev–Trinajstić information content (AvgIpc) is 2.66. The number of Topliss-reactive ketones (excluding diaryl/α,β-unsaturated/α-hetero) is 1. The summed E-state index contributed by atoms with van der Waals surface area (Å²) in [6.45, 7) is 3.06. The first-order valence-electron chi connectivity index (χ1n) is 6.21. The van der Waals surface area contributed by atoms with Crippen molar-refractivity contribution >= 4 is 28.9 Å². The van der Waals surface area contributed by atoms with Gasteiger partial charge in [0.05, 0.1) is 4.92 Å². The number of carbonyl (C=O) groups is 1. The standard InChI is InChI=1S/C13H16N2O3S/c1-10(16)11-3-4-12(13(9-11)15(17)18)14-5-2-7-19-8-6-14/h3-4,9H,2,5-8H2,1H3. The molecule has 0 bridgehead atoms. The van der Waals surface area contributed by atoms with Crippen molar-refractivity contribution in [1.82, 2.24) is 0 Å². The molecule has 0 aromatic heterocycles. The number of nitro groups is 1. The van der Waals surface area contributed by atoms with E-state index in [-0.39, 0.29) is 11.5 Å². The molecule has 2 rings (SSSR count). The Morgan fingerprint density at radius 3 is 2.84 bits per heavy atom. The molecule has 0 spiro atoms. The number of rotatable bonds is 3. The number of thioether (sulfide) groups is 1. The van der Waals surface area contributed by atoms with E-state index in [1.807, 2.05) is 16.7 Å². The van der Waals surface area contributed by atoms with Crippen LogP contribution in [0.5, 0.6) is 0 Å². The van der Waals surface area contributed by atoms with Gasteiger partial charge in [-0.2, -0.15) is 11.8 Å². The first-order chi connectivity index (χ1) is 9.09. The van der Waals surface area contributed by atoms with E-state index in [1.54, 1.807) is 12.1 Å². The van der Waals surface area contributed by atoms with Crippen molar-refractivity contribution in [2.24, 2.45) is 0 Å². The molecule has 0 amide bonds.